The van der Waals surface area contributed by atoms with Crippen LogP contribution in [0.3, 0.4) is 0 Å². The number of rotatable bonds is 5. The summed E-state index contributed by atoms with van der Waals surface area (Å²) in [6.07, 6.45) is 5.96. The number of aromatic nitrogens is 1. The van der Waals surface area contributed by atoms with Crippen molar-refractivity contribution in [3.8, 4) is 5.75 Å². The quantitative estimate of drug-likeness (QED) is 0.527. The normalized spacial score (nSPS) is 12.8. The number of pyridine rings is 1. The molecule has 0 aliphatic carbocycles. The Morgan fingerprint density at radius 3 is 2.63 bits per heavy atom. The van der Waals surface area contributed by atoms with Gasteiger partial charge < -0.3 is 9.64 Å². The van der Waals surface area contributed by atoms with Crippen molar-refractivity contribution >= 4 is 42.3 Å². The third-order valence-electron chi connectivity index (χ3n) is 4.71. The molecule has 0 bridgehead atoms. The first kappa shape index (κ1) is 23.5. The van der Waals surface area contributed by atoms with E-state index in [0.29, 0.717) is 6.61 Å². The Morgan fingerprint density at radius 2 is 1.80 bits per heavy atom. The van der Waals surface area contributed by atoms with Gasteiger partial charge in [-0.3, -0.25) is 9.98 Å². The standard InChI is InChI=1S/C24H23N3O.2ClH/c1-27-16-15-26-23(22-10-2-3-11-24(22)27)13-12-19-7-6-9-21(17-19)28-18-20-8-4-5-14-25-20;;/h2-14,17H,15-16,18H2,1H3;2*1H/b13-12+;;. The second kappa shape index (κ2) is 11.4. The van der Waals surface area contributed by atoms with Crippen molar-refractivity contribution in [1.82, 2.24) is 4.98 Å². The summed E-state index contributed by atoms with van der Waals surface area (Å²) in [5.74, 6) is 0.829. The van der Waals surface area contributed by atoms with Gasteiger partial charge in [0.05, 0.1) is 18.0 Å². The number of hydrogen-bond acceptors (Lipinski definition) is 4. The van der Waals surface area contributed by atoms with Crippen LogP contribution in [0.25, 0.3) is 6.08 Å². The highest BCUT2D eigenvalue weighted by molar-refractivity contribution is 6.14. The van der Waals surface area contributed by atoms with Crippen LogP contribution in [0.15, 0.2) is 84.0 Å². The number of aliphatic imine (C=N–C) groups is 1. The lowest BCUT2D eigenvalue weighted by molar-refractivity contribution is 0.301. The molecule has 0 spiro atoms. The number of ether oxygens (including phenoxy) is 1. The van der Waals surface area contributed by atoms with Crippen molar-refractivity contribution in [3.05, 3.63) is 95.8 Å². The Labute approximate surface area is 190 Å². The van der Waals surface area contributed by atoms with E-state index < -0.39 is 0 Å². The number of benzodiazepines with no additional fused rings is 1. The number of anilines is 1. The first-order chi connectivity index (χ1) is 13.8. The van der Waals surface area contributed by atoms with Gasteiger partial charge in [-0.15, -0.1) is 24.8 Å². The fraction of sp³-hybridized carbons (Fsp3) is 0.167. The molecule has 0 fully saturated rings. The summed E-state index contributed by atoms with van der Waals surface area (Å²) in [5, 5.41) is 0. The Bertz CT molecular complexity index is 1010. The molecule has 1 aliphatic rings. The highest BCUT2D eigenvalue weighted by atomic mass is 35.5. The molecule has 4 rings (SSSR count). The number of nitrogens with zero attached hydrogens (tertiary/aromatic N) is 3. The number of halogens is 2. The SMILES string of the molecule is CN1CCN=C(/C=C/c2cccc(OCc3ccccn3)c2)c2ccccc21.Cl.Cl. The van der Waals surface area contributed by atoms with Crippen LogP contribution in [-0.2, 0) is 6.61 Å². The lowest BCUT2D eigenvalue weighted by atomic mass is 10.1. The molecule has 0 saturated heterocycles. The average Bonchev–Trinajstić information content (AvgIpc) is 2.91. The third kappa shape index (κ3) is 5.85. The van der Waals surface area contributed by atoms with Crippen molar-refractivity contribution in [1.29, 1.82) is 0 Å². The van der Waals surface area contributed by atoms with Gasteiger partial charge in [0.15, 0.2) is 0 Å². The van der Waals surface area contributed by atoms with Gasteiger partial charge in [-0.25, -0.2) is 0 Å². The fourth-order valence-electron chi connectivity index (χ4n) is 3.22. The minimum atomic E-state index is 0. The predicted molar refractivity (Wildman–Crippen MR) is 130 cm³/mol. The van der Waals surface area contributed by atoms with Crippen LogP contribution in [-0.4, -0.2) is 30.8 Å². The zero-order chi connectivity index (χ0) is 19.2. The van der Waals surface area contributed by atoms with E-state index in [9.17, 15) is 0 Å². The maximum Gasteiger partial charge on any atom is 0.130 e. The van der Waals surface area contributed by atoms with E-state index >= 15 is 0 Å². The van der Waals surface area contributed by atoms with Gasteiger partial charge in [-0.2, -0.15) is 0 Å². The second-order valence-electron chi connectivity index (χ2n) is 6.72. The van der Waals surface area contributed by atoms with Crippen LogP contribution in [0.1, 0.15) is 16.8 Å². The van der Waals surface area contributed by atoms with Crippen LogP contribution in [0, 0.1) is 0 Å². The van der Waals surface area contributed by atoms with E-state index in [-0.39, 0.29) is 24.8 Å². The van der Waals surface area contributed by atoms with Crippen molar-refractivity contribution in [2.24, 2.45) is 4.99 Å². The largest absolute Gasteiger partial charge is 0.487 e. The van der Waals surface area contributed by atoms with Crippen LogP contribution in [0.4, 0.5) is 5.69 Å². The highest BCUT2D eigenvalue weighted by Gasteiger charge is 2.13. The molecule has 0 atom stereocenters. The maximum atomic E-state index is 5.88. The Morgan fingerprint density at radius 1 is 0.967 bits per heavy atom. The molecule has 3 aromatic rings. The van der Waals surface area contributed by atoms with Crippen molar-refractivity contribution in [3.63, 3.8) is 0 Å². The molecule has 2 heterocycles. The summed E-state index contributed by atoms with van der Waals surface area (Å²) < 4.78 is 5.88. The highest BCUT2D eigenvalue weighted by Crippen LogP contribution is 2.23. The summed E-state index contributed by atoms with van der Waals surface area (Å²) >= 11 is 0. The summed E-state index contributed by atoms with van der Waals surface area (Å²) in [6, 6.07) is 22.3. The van der Waals surface area contributed by atoms with Gasteiger partial charge in [0.25, 0.3) is 0 Å². The maximum absolute atomic E-state index is 5.88. The molecule has 2 aromatic carbocycles. The minimum Gasteiger partial charge on any atom is -0.487 e. The van der Waals surface area contributed by atoms with Crippen molar-refractivity contribution in [2.75, 3.05) is 25.0 Å². The van der Waals surface area contributed by atoms with E-state index in [0.717, 1.165) is 35.8 Å². The summed E-state index contributed by atoms with van der Waals surface area (Å²) in [4.78, 5) is 11.3. The molecule has 156 valence electrons. The molecule has 6 heteroatoms. The third-order valence-corrected chi connectivity index (χ3v) is 4.71. The van der Waals surface area contributed by atoms with Gasteiger partial charge in [-0.05, 0) is 42.0 Å². The molecule has 4 nitrogen and oxygen atoms in total. The summed E-state index contributed by atoms with van der Waals surface area (Å²) in [5.41, 5.74) is 5.39. The van der Waals surface area contributed by atoms with Crippen LogP contribution < -0.4 is 9.64 Å². The predicted octanol–water partition coefficient (Wildman–Crippen LogP) is 5.46. The number of para-hydroxylation sites is 1. The molecule has 0 saturated carbocycles. The van der Waals surface area contributed by atoms with Gasteiger partial charge in [0.2, 0.25) is 0 Å². The first-order valence-corrected chi connectivity index (χ1v) is 9.45. The number of benzene rings is 2. The smallest absolute Gasteiger partial charge is 0.130 e. The second-order valence-corrected chi connectivity index (χ2v) is 6.72. The number of likely N-dealkylation sites (N-methyl/N-ethyl adjacent to an activating group) is 1. The van der Waals surface area contributed by atoms with Gasteiger partial charge in [-0.1, -0.05) is 42.5 Å². The number of hydrogen-bond donors (Lipinski definition) is 0. The molecule has 0 amide bonds. The summed E-state index contributed by atoms with van der Waals surface area (Å²) in [6.45, 7) is 2.17. The van der Waals surface area contributed by atoms with Crippen molar-refractivity contribution < 1.29 is 4.74 Å². The zero-order valence-corrected chi connectivity index (χ0v) is 18.4. The summed E-state index contributed by atoms with van der Waals surface area (Å²) in [7, 11) is 2.11. The van der Waals surface area contributed by atoms with Crippen molar-refractivity contribution in [2.45, 2.75) is 6.61 Å². The number of fused-ring (bicyclic) bond motifs is 1. The lowest BCUT2D eigenvalue weighted by Crippen LogP contribution is -2.20. The molecule has 0 radical (unpaired) electrons. The van der Waals surface area contributed by atoms with E-state index in [4.69, 9.17) is 9.73 Å². The molecule has 1 aromatic heterocycles. The van der Waals surface area contributed by atoms with Crippen LogP contribution >= 0.6 is 24.8 Å². The Hall–Kier alpha value is -2.82. The molecule has 0 N–H and O–H groups in total. The molecule has 30 heavy (non-hydrogen) atoms. The Kier molecular flexibility index (Phi) is 8.90. The lowest BCUT2D eigenvalue weighted by Gasteiger charge is -2.18. The van der Waals surface area contributed by atoms with E-state index in [1.807, 2.05) is 36.4 Å². The minimum absolute atomic E-state index is 0. The van der Waals surface area contributed by atoms with Gasteiger partial charge in [0, 0.05) is 31.0 Å². The molecule has 0 unspecified atom stereocenters. The molecular weight excluding hydrogens is 417 g/mol. The van der Waals surface area contributed by atoms with E-state index in [1.165, 1.54) is 11.3 Å². The number of allylic oxidation sites excluding steroid dienone is 1. The topological polar surface area (TPSA) is 37.7 Å². The van der Waals surface area contributed by atoms with Gasteiger partial charge >= 0.3 is 0 Å². The molecule has 1 aliphatic heterocycles. The molecular formula is C24H25Cl2N3O. The van der Waals surface area contributed by atoms with E-state index in [2.05, 4.69) is 59.4 Å². The monoisotopic (exact) mass is 441 g/mol. The first-order valence-electron chi connectivity index (χ1n) is 9.45. The zero-order valence-electron chi connectivity index (χ0n) is 16.8. The van der Waals surface area contributed by atoms with E-state index in [1.54, 1.807) is 6.20 Å². The van der Waals surface area contributed by atoms with Gasteiger partial charge in [0.1, 0.15) is 12.4 Å². The fourth-order valence-corrected chi connectivity index (χ4v) is 3.22. The average molecular weight is 442 g/mol. The van der Waals surface area contributed by atoms with Crippen LogP contribution in [0.2, 0.25) is 0 Å². The Balaban J connectivity index is 0.00000160. The van der Waals surface area contributed by atoms with Crippen LogP contribution in [0.5, 0.6) is 5.75 Å².